The van der Waals surface area contributed by atoms with Crippen molar-refractivity contribution in [2.24, 2.45) is 0 Å². The van der Waals surface area contributed by atoms with Crippen molar-refractivity contribution < 1.29 is 48.6 Å². The zero-order chi connectivity index (χ0) is 45.0. The van der Waals surface area contributed by atoms with Crippen LogP contribution in [-0.4, -0.2) is 86.4 Å². The summed E-state index contributed by atoms with van der Waals surface area (Å²) in [5.41, 5.74) is 0.193. The van der Waals surface area contributed by atoms with Crippen molar-refractivity contribution in [3.63, 3.8) is 0 Å². The van der Waals surface area contributed by atoms with Crippen LogP contribution in [-0.2, 0) is 23.8 Å². The van der Waals surface area contributed by atoms with E-state index in [9.17, 15) is 24.9 Å². The minimum atomic E-state index is -0.579. The van der Waals surface area contributed by atoms with E-state index in [-0.39, 0.29) is 65.1 Å². The second-order valence-electron chi connectivity index (χ2n) is 16.3. The van der Waals surface area contributed by atoms with Gasteiger partial charge in [-0.05, 0) is 76.1 Å². The van der Waals surface area contributed by atoms with Crippen molar-refractivity contribution in [1.29, 1.82) is 0 Å². The lowest BCUT2D eigenvalue weighted by Gasteiger charge is -2.26. The van der Waals surface area contributed by atoms with Crippen LogP contribution in [0, 0.1) is 0 Å². The number of methoxy groups -OCH3 is 1. The summed E-state index contributed by atoms with van der Waals surface area (Å²) in [6, 6.07) is 9.12. The lowest BCUT2D eigenvalue weighted by atomic mass is 9.90. The zero-order valence-electron chi connectivity index (χ0n) is 37.7. The van der Waals surface area contributed by atoms with Gasteiger partial charge in [0.2, 0.25) is 0 Å². The van der Waals surface area contributed by atoms with Gasteiger partial charge in [0.25, 0.3) is 0 Å². The number of carbonyl (C=O) groups excluding carboxylic acids is 2. The monoisotopic (exact) mass is 859 g/mol. The molecular formula is C49H69N3O10. The smallest absolute Gasteiger partial charge is 0.344 e. The number of hydrogen-bond acceptors (Lipinski definition) is 13. The topological polar surface area (TPSA) is 180 Å². The highest BCUT2D eigenvalue weighted by molar-refractivity contribution is 5.76. The van der Waals surface area contributed by atoms with Gasteiger partial charge in [0.15, 0.2) is 30.7 Å². The molecule has 3 aromatic rings. The number of unbranched alkanes of at least 4 members (excludes halogenated alkanes) is 9. The van der Waals surface area contributed by atoms with E-state index < -0.39 is 23.1 Å². The number of benzene rings is 2. The molecule has 1 atom stereocenters. The maximum absolute atomic E-state index is 12.5. The third-order valence-electron chi connectivity index (χ3n) is 11.9. The molecule has 2 aromatic carbocycles. The van der Waals surface area contributed by atoms with E-state index in [0.717, 1.165) is 44.9 Å². The summed E-state index contributed by atoms with van der Waals surface area (Å²) < 4.78 is 27.7. The van der Waals surface area contributed by atoms with E-state index in [4.69, 9.17) is 23.7 Å². The number of nitrogens with zero attached hydrogens (tertiary/aromatic N) is 3. The first-order valence-electron chi connectivity index (χ1n) is 22.5. The van der Waals surface area contributed by atoms with Gasteiger partial charge in [-0.25, -0.2) is 24.5 Å². The minimum absolute atomic E-state index is 0.0903. The summed E-state index contributed by atoms with van der Waals surface area (Å²) >= 11 is 0. The van der Waals surface area contributed by atoms with Crippen LogP contribution in [0.1, 0.15) is 143 Å². The van der Waals surface area contributed by atoms with Crippen molar-refractivity contribution in [1.82, 2.24) is 15.0 Å². The van der Waals surface area contributed by atoms with Gasteiger partial charge in [-0.3, -0.25) is 0 Å². The van der Waals surface area contributed by atoms with Crippen LogP contribution in [0.5, 0.6) is 23.0 Å². The molecule has 0 fully saturated rings. The van der Waals surface area contributed by atoms with Crippen LogP contribution in [0.15, 0.2) is 54.6 Å². The van der Waals surface area contributed by atoms with Gasteiger partial charge in [0.1, 0.15) is 28.6 Å². The van der Waals surface area contributed by atoms with E-state index in [1.165, 1.54) is 50.7 Å². The summed E-state index contributed by atoms with van der Waals surface area (Å²) in [6.07, 6.45) is 21.3. The highest BCUT2D eigenvalue weighted by atomic mass is 16.6. The molecule has 0 bridgehead atoms. The maximum Gasteiger partial charge on any atom is 0.344 e. The Bertz CT molecular complexity index is 1940. The summed E-state index contributed by atoms with van der Waals surface area (Å²) in [5.74, 6) is -0.289. The number of phenols is 2. The number of ether oxygens (including phenoxy) is 5. The Morgan fingerprint density at radius 2 is 1.19 bits per heavy atom. The van der Waals surface area contributed by atoms with Crippen molar-refractivity contribution in [2.75, 3.05) is 26.9 Å². The number of aromatic hydroxyl groups is 2. The number of rotatable bonds is 28. The molecule has 13 heteroatoms. The molecule has 3 N–H and O–H groups in total. The number of hydrogen-bond donors (Lipinski definition) is 3. The molecule has 0 aliphatic heterocycles. The molecule has 0 radical (unpaired) electrons. The molecule has 340 valence electrons. The molecule has 0 saturated carbocycles. The molecular weight excluding hydrogens is 791 g/mol. The molecule has 0 saturated heterocycles. The Hall–Kier alpha value is -5.01. The normalized spacial score (nSPS) is 14.0. The Morgan fingerprint density at radius 1 is 0.694 bits per heavy atom. The predicted molar refractivity (Wildman–Crippen MR) is 240 cm³/mol. The molecule has 1 heterocycles. The van der Waals surface area contributed by atoms with Crippen molar-refractivity contribution >= 4 is 17.5 Å². The summed E-state index contributed by atoms with van der Waals surface area (Å²) in [4.78, 5) is 38.9. The zero-order valence-corrected chi connectivity index (χ0v) is 37.7. The number of allylic oxidation sites excluding steroid dienone is 2. The fourth-order valence-electron chi connectivity index (χ4n) is 7.05. The molecule has 1 aromatic heterocycles. The van der Waals surface area contributed by atoms with Crippen molar-refractivity contribution in [2.45, 2.75) is 155 Å². The molecule has 0 spiro atoms. The lowest BCUT2D eigenvalue weighted by molar-refractivity contribution is -0.161. The molecule has 1 unspecified atom stereocenters. The number of aromatic nitrogens is 3. The van der Waals surface area contributed by atoms with Gasteiger partial charge in [0, 0.05) is 24.8 Å². The number of carbonyl (C=O) groups is 2. The van der Waals surface area contributed by atoms with E-state index >= 15 is 0 Å². The Labute approximate surface area is 368 Å². The van der Waals surface area contributed by atoms with Gasteiger partial charge in [-0.15, -0.1) is 0 Å². The second kappa shape index (κ2) is 25.2. The fourth-order valence-corrected chi connectivity index (χ4v) is 7.05. The van der Waals surface area contributed by atoms with Gasteiger partial charge in [0.05, 0.1) is 29.4 Å². The summed E-state index contributed by atoms with van der Waals surface area (Å²) in [5, 5.41) is 32.7. The van der Waals surface area contributed by atoms with Crippen LogP contribution < -0.4 is 9.47 Å². The quantitative estimate of drug-likeness (QED) is 0.0464. The lowest BCUT2D eigenvalue weighted by Crippen LogP contribution is -2.32. The van der Waals surface area contributed by atoms with E-state index in [1.54, 1.807) is 31.4 Å². The number of aliphatic hydroxyl groups is 1. The minimum Gasteiger partial charge on any atom is -0.507 e. The summed E-state index contributed by atoms with van der Waals surface area (Å²) in [6.45, 7) is 9.59. The summed E-state index contributed by atoms with van der Waals surface area (Å²) in [7, 11) is 1.64. The first-order valence-corrected chi connectivity index (χ1v) is 22.5. The highest BCUT2D eigenvalue weighted by Gasteiger charge is 2.25. The highest BCUT2D eigenvalue weighted by Crippen LogP contribution is 2.36. The number of phenolic OH excluding ortho intramolecular Hbond substituents is 2. The van der Waals surface area contributed by atoms with E-state index in [2.05, 4.69) is 28.8 Å². The second-order valence-corrected chi connectivity index (χ2v) is 16.3. The largest absolute Gasteiger partial charge is 0.507 e. The SMILES string of the molecule is CCC(O)(CC)CCCCCCCCCCCCOC(=O)COc1ccc(-c2nc(C3=CCC(OC)C=C3)nc(-c3ccc(OCC(=O)OC(C)(CC)CC)cc3O)n2)c(O)c1. The average molecular weight is 860 g/mol. The first-order chi connectivity index (χ1) is 29.8. The van der Waals surface area contributed by atoms with Gasteiger partial charge >= 0.3 is 11.9 Å². The van der Waals surface area contributed by atoms with Crippen LogP contribution in [0.2, 0.25) is 0 Å². The van der Waals surface area contributed by atoms with Crippen LogP contribution >= 0.6 is 0 Å². The fraction of sp³-hybridized carbons (Fsp3) is 0.571. The van der Waals surface area contributed by atoms with Crippen molar-refractivity contribution in [3.05, 3.63) is 60.5 Å². The van der Waals surface area contributed by atoms with Crippen LogP contribution in [0.25, 0.3) is 28.3 Å². The third kappa shape index (κ3) is 15.7. The average Bonchev–Trinajstić information content (AvgIpc) is 3.28. The Balaban J connectivity index is 1.30. The maximum atomic E-state index is 12.5. The van der Waals surface area contributed by atoms with Gasteiger partial charge < -0.3 is 39.0 Å². The first kappa shape index (κ1) is 49.6. The van der Waals surface area contributed by atoms with Gasteiger partial charge in [-0.1, -0.05) is 104 Å². The third-order valence-corrected chi connectivity index (χ3v) is 11.9. The molecule has 1 aliphatic rings. The number of esters is 2. The van der Waals surface area contributed by atoms with Crippen LogP contribution in [0.3, 0.4) is 0 Å². The van der Waals surface area contributed by atoms with Crippen LogP contribution in [0.4, 0.5) is 0 Å². The Kier molecular flexibility index (Phi) is 20.2. The molecule has 4 rings (SSSR count). The molecule has 62 heavy (non-hydrogen) atoms. The molecule has 13 nitrogen and oxygen atoms in total. The van der Waals surface area contributed by atoms with E-state index in [0.29, 0.717) is 37.3 Å². The van der Waals surface area contributed by atoms with Crippen molar-refractivity contribution in [3.8, 4) is 45.8 Å². The Morgan fingerprint density at radius 3 is 1.66 bits per heavy atom. The predicted octanol–water partition coefficient (Wildman–Crippen LogP) is 10.2. The van der Waals surface area contributed by atoms with Gasteiger partial charge in [-0.2, -0.15) is 0 Å². The molecule has 0 amide bonds. The molecule has 1 aliphatic carbocycles. The standard InChI is InChI=1S/C49H69N3O10/c1-7-48(5,8-2)62-44(56)34-61-38-26-28-40(42(54)32-38)47-51-45(35-21-23-36(58-6)24-22-35)50-46(52-47)39-27-25-37(31-41(39)53)60-33-43(55)59-30-20-18-16-14-12-11-13-15-17-19-29-49(57,9-3)10-4/h21-23,25-28,31-32,36,53-54,57H,7-20,24,29-30,33-34H2,1-6H3. The van der Waals surface area contributed by atoms with E-state index in [1.807, 2.05) is 39.0 Å².